The molecule has 0 fully saturated rings. The summed E-state index contributed by atoms with van der Waals surface area (Å²) >= 11 is 1.41. The fraction of sp³-hybridized carbons (Fsp3) is 0.364. The molecule has 6 nitrogen and oxygen atoms in total. The molecule has 7 heteroatoms. The largest absolute Gasteiger partial charge is 0.476 e. The van der Waals surface area contributed by atoms with Gasteiger partial charge in [-0.3, -0.25) is 0 Å². The second-order valence-corrected chi connectivity index (χ2v) is 5.49. The van der Waals surface area contributed by atoms with Crippen LogP contribution < -0.4 is 0 Å². The Balaban J connectivity index is 2.52. The van der Waals surface area contributed by atoms with Crippen LogP contribution in [0, 0.1) is 0 Å². The Morgan fingerprint density at radius 3 is 2.78 bits per heavy atom. The topological polar surface area (TPSA) is 88.2 Å². The SMILES string of the molecule is CC(C)(O)Cn1nnc(C(=O)O)c1-c1cccs1. The fourth-order valence-electron chi connectivity index (χ4n) is 1.59. The Morgan fingerprint density at radius 2 is 2.28 bits per heavy atom. The first-order valence-corrected chi connectivity index (χ1v) is 6.19. The van der Waals surface area contributed by atoms with Gasteiger partial charge in [0.15, 0.2) is 5.69 Å². The lowest BCUT2D eigenvalue weighted by Gasteiger charge is -2.17. The van der Waals surface area contributed by atoms with E-state index in [4.69, 9.17) is 5.11 Å². The zero-order chi connectivity index (χ0) is 13.3. The van der Waals surface area contributed by atoms with Crippen LogP contribution in [0.1, 0.15) is 24.3 Å². The molecule has 0 aliphatic carbocycles. The van der Waals surface area contributed by atoms with Gasteiger partial charge in [-0.15, -0.1) is 16.4 Å². The number of aromatic nitrogens is 3. The maximum absolute atomic E-state index is 11.1. The second kappa shape index (κ2) is 4.51. The van der Waals surface area contributed by atoms with Crippen molar-refractivity contribution in [2.45, 2.75) is 26.0 Å². The maximum Gasteiger partial charge on any atom is 0.358 e. The number of carboxylic acid groups (broad SMARTS) is 1. The quantitative estimate of drug-likeness (QED) is 0.875. The predicted octanol–water partition coefficient (Wildman–Crippen LogP) is 1.48. The number of rotatable bonds is 4. The summed E-state index contributed by atoms with van der Waals surface area (Å²) in [5.41, 5.74) is -0.656. The van der Waals surface area contributed by atoms with Crippen molar-refractivity contribution < 1.29 is 15.0 Å². The number of thiophene rings is 1. The second-order valence-electron chi connectivity index (χ2n) is 4.54. The molecule has 0 aliphatic heterocycles. The van der Waals surface area contributed by atoms with Gasteiger partial charge in [-0.2, -0.15) is 0 Å². The van der Waals surface area contributed by atoms with Crippen molar-refractivity contribution in [1.82, 2.24) is 15.0 Å². The molecule has 0 spiro atoms. The molecule has 0 aliphatic rings. The van der Waals surface area contributed by atoms with Crippen molar-refractivity contribution in [2.24, 2.45) is 0 Å². The van der Waals surface area contributed by atoms with E-state index >= 15 is 0 Å². The molecule has 0 radical (unpaired) electrons. The third kappa shape index (κ3) is 2.57. The molecule has 0 aromatic carbocycles. The number of carboxylic acids is 1. The summed E-state index contributed by atoms with van der Waals surface area (Å²) in [4.78, 5) is 11.9. The van der Waals surface area contributed by atoms with Crippen LogP contribution in [0.4, 0.5) is 0 Å². The molecular weight excluding hydrogens is 254 g/mol. The van der Waals surface area contributed by atoms with E-state index in [-0.39, 0.29) is 12.2 Å². The van der Waals surface area contributed by atoms with Crippen LogP contribution in [-0.2, 0) is 6.54 Å². The highest BCUT2D eigenvalue weighted by Crippen LogP contribution is 2.27. The number of aromatic carboxylic acids is 1. The van der Waals surface area contributed by atoms with E-state index in [0.717, 1.165) is 4.88 Å². The standard InChI is InChI=1S/C11H13N3O3S/c1-11(2,17)6-14-9(7-4-3-5-18-7)8(10(15)16)12-13-14/h3-5,17H,6H2,1-2H3,(H,15,16). The summed E-state index contributed by atoms with van der Waals surface area (Å²) in [6.45, 7) is 3.45. The van der Waals surface area contributed by atoms with Gasteiger partial charge in [0.2, 0.25) is 0 Å². The van der Waals surface area contributed by atoms with Crippen LogP contribution in [-0.4, -0.2) is 36.8 Å². The molecule has 0 atom stereocenters. The molecule has 0 bridgehead atoms. The lowest BCUT2D eigenvalue weighted by molar-refractivity contribution is 0.0575. The minimum atomic E-state index is -1.12. The van der Waals surface area contributed by atoms with Gasteiger partial charge in [-0.25, -0.2) is 9.48 Å². The summed E-state index contributed by atoms with van der Waals surface area (Å²) in [7, 11) is 0. The van der Waals surface area contributed by atoms with Gasteiger partial charge in [0.25, 0.3) is 0 Å². The highest BCUT2D eigenvalue weighted by Gasteiger charge is 2.24. The van der Waals surface area contributed by atoms with Gasteiger partial charge in [-0.05, 0) is 25.3 Å². The summed E-state index contributed by atoms with van der Waals surface area (Å²) in [6.07, 6.45) is 0. The number of hydrogen-bond acceptors (Lipinski definition) is 5. The Hall–Kier alpha value is -1.73. The summed E-state index contributed by atoms with van der Waals surface area (Å²) < 4.78 is 1.43. The third-order valence-electron chi connectivity index (χ3n) is 2.23. The Labute approximate surface area is 107 Å². The number of aliphatic hydroxyl groups is 1. The Bertz CT molecular complexity index is 555. The van der Waals surface area contributed by atoms with Gasteiger partial charge in [0, 0.05) is 0 Å². The number of hydrogen-bond donors (Lipinski definition) is 2. The smallest absolute Gasteiger partial charge is 0.358 e. The van der Waals surface area contributed by atoms with Crippen LogP contribution in [0.5, 0.6) is 0 Å². The first-order chi connectivity index (χ1) is 8.38. The van der Waals surface area contributed by atoms with Crippen molar-refractivity contribution >= 4 is 17.3 Å². The summed E-state index contributed by atoms with van der Waals surface area (Å²) in [5.74, 6) is -1.12. The number of carbonyl (C=O) groups is 1. The lowest BCUT2D eigenvalue weighted by atomic mass is 10.1. The molecule has 96 valence electrons. The van der Waals surface area contributed by atoms with E-state index in [1.807, 2.05) is 11.4 Å². The normalized spacial score (nSPS) is 11.7. The van der Waals surface area contributed by atoms with E-state index < -0.39 is 11.6 Å². The fourth-order valence-corrected chi connectivity index (χ4v) is 2.37. The van der Waals surface area contributed by atoms with Crippen molar-refractivity contribution in [1.29, 1.82) is 0 Å². The van der Waals surface area contributed by atoms with Gasteiger partial charge < -0.3 is 10.2 Å². The highest BCUT2D eigenvalue weighted by atomic mass is 32.1. The van der Waals surface area contributed by atoms with Gasteiger partial charge in [0.05, 0.1) is 17.0 Å². The molecule has 0 amide bonds. The van der Waals surface area contributed by atoms with Crippen LogP contribution in [0.3, 0.4) is 0 Å². The molecule has 0 saturated heterocycles. The first-order valence-electron chi connectivity index (χ1n) is 5.31. The van der Waals surface area contributed by atoms with Crippen LogP contribution in [0.15, 0.2) is 17.5 Å². The maximum atomic E-state index is 11.1. The molecule has 0 unspecified atom stereocenters. The molecule has 18 heavy (non-hydrogen) atoms. The van der Waals surface area contributed by atoms with Gasteiger partial charge >= 0.3 is 5.97 Å². The van der Waals surface area contributed by atoms with Crippen LogP contribution in [0.25, 0.3) is 10.6 Å². The Morgan fingerprint density at radius 1 is 1.56 bits per heavy atom. The van der Waals surface area contributed by atoms with E-state index in [0.29, 0.717) is 5.69 Å². The van der Waals surface area contributed by atoms with E-state index in [1.54, 1.807) is 19.9 Å². The monoisotopic (exact) mass is 267 g/mol. The van der Waals surface area contributed by atoms with E-state index in [9.17, 15) is 9.90 Å². The lowest BCUT2D eigenvalue weighted by Crippen LogP contribution is -2.27. The molecule has 2 N–H and O–H groups in total. The van der Waals surface area contributed by atoms with Crippen molar-refractivity contribution in [3.63, 3.8) is 0 Å². The first kappa shape index (κ1) is 12.7. The van der Waals surface area contributed by atoms with Crippen molar-refractivity contribution in [2.75, 3.05) is 0 Å². The van der Waals surface area contributed by atoms with E-state index in [1.165, 1.54) is 16.0 Å². The molecule has 0 saturated carbocycles. The Kier molecular flexibility index (Phi) is 3.18. The summed E-state index contributed by atoms with van der Waals surface area (Å²) in [5, 5.41) is 28.2. The predicted molar refractivity (Wildman–Crippen MR) is 66.6 cm³/mol. The highest BCUT2D eigenvalue weighted by molar-refractivity contribution is 7.13. The van der Waals surface area contributed by atoms with Crippen molar-refractivity contribution in [3.8, 4) is 10.6 Å². The van der Waals surface area contributed by atoms with Crippen LogP contribution >= 0.6 is 11.3 Å². The van der Waals surface area contributed by atoms with Gasteiger partial charge in [0.1, 0.15) is 5.69 Å². The minimum Gasteiger partial charge on any atom is -0.476 e. The molecule has 2 aromatic heterocycles. The average Bonchev–Trinajstić information content (AvgIpc) is 2.81. The zero-order valence-corrected chi connectivity index (χ0v) is 10.8. The average molecular weight is 267 g/mol. The number of nitrogens with zero attached hydrogens (tertiary/aromatic N) is 3. The van der Waals surface area contributed by atoms with E-state index in [2.05, 4.69) is 10.3 Å². The molecule has 2 rings (SSSR count). The zero-order valence-electron chi connectivity index (χ0n) is 9.99. The minimum absolute atomic E-state index is 0.0956. The third-order valence-corrected chi connectivity index (χ3v) is 3.11. The van der Waals surface area contributed by atoms with Crippen LogP contribution in [0.2, 0.25) is 0 Å². The van der Waals surface area contributed by atoms with Gasteiger partial charge in [-0.1, -0.05) is 11.3 Å². The summed E-state index contributed by atoms with van der Waals surface area (Å²) in [6, 6.07) is 3.63. The van der Waals surface area contributed by atoms with Crippen molar-refractivity contribution in [3.05, 3.63) is 23.2 Å². The molecule has 2 aromatic rings. The molecular formula is C11H13N3O3S. The molecule has 2 heterocycles.